The molecule has 2 heteroatoms. The Bertz CT molecular complexity index is 445. The fraction of sp³-hybridized carbons (Fsp3) is 0.625. The minimum atomic E-state index is 0.164. The van der Waals surface area contributed by atoms with Crippen LogP contribution in [0.1, 0.15) is 61.1 Å². The summed E-state index contributed by atoms with van der Waals surface area (Å²) in [6.07, 6.45) is 6.07. The molecule has 1 atom stereocenters. The Labute approximate surface area is 109 Å². The maximum absolute atomic E-state index is 10.4. The number of ether oxygens (including phenoxy) is 1. The van der Waals surface area contributed by atoms with Gasteiger partial charge in [0, 0.05) is 13.5 Å². The van der Waals surface area contributed by atoms with Crippen LogP contribution in [0, 0.1) is 0 Å². The molecule has 2 saturated carbocycles. The average Bonchev–Trinajstić information content (AvgIpc) is 3.22. The van der Waals surface area contributed by atoms with Crippen LogP contribution in [0.3, 0.4) is 0 Å². The quantitative estimate of drug-likeness (QED) is 0.858. The topological polar surface area (TPSA) is 29.5 Å². The summed E-state index contributed by atoms with van der Waals surface area (Å²) in [5.74, 6) is 1.89. The Morgan fingerprint density at radius 2 is 1.89 bits per heavy atom. The molecule has 0 aliphatic heterocycles. The molecule has 2 nitrogen and oxygen atoms in total. The fourth-order valence-corrected chi connectivity index (χ4v) is 2.65. The lowest BCUT2D eigenvalue weighted by atomic mass is 9.95. The van der Waals surface area contributed by atoms with Crippen LogP contribution in [0.25, 0.3) is 0 Å². The number of phenolic OH excluding ortho intramolecular Hbond substituents is 1. The Morgan fingerprint density at radius 1 is 1.22 bits per heavy atom. The molecule has 0 spiro atoms. The van der Waals surface area contributed by atoms with E-state index in [-0.39, 0.29) is 6.10 Å². The number of benzene rings is 1. The second-order valence-corrected chi connectivity index (χ2v) is 5.92. The number of aromatic hydroxyl groups is 1. The summed E-state index contributed by atoms with van der Waals surface area (Å²) in [6.45, 7) is 2.06. The molecule has 0 bridgehead atoms. The van der Waals surface area contributed by atoms with Crippen molar-refractivity contribution in [1.82, 2.24) is 0 Å². The van der Waals surface area contributed by atoms with Gasteiger partial charge in [0.05, 0.1) is 6.10 Å². The van der Waals surface area contributed by atoms with Crippen molar-refractivity contribution in [1.29, 1.82) is 0 Å². The Balaban J connectivity index is 1.94. The highest BCUT2D eigenvalue weighted by molar-refractivity contribution is 5.49. The molecule has 0 aromatic heterocycles. The van der Waals surface area contributed by atoms with Crippen molar-refractivity contribution in [3.8, 4) is 5.75 Å². The second-order valence-electron chi connectivity index (χ2n) is 5.92. The van der Waals surface area contributed by atoms with Crippen LogP contribution in [0.4, 0.5) is 0 Å². The van der Waals surface area contributed by atoms with Gasteiger partial charge in [-0.3, -0.25) is 0 Å². The van der Waals surface area contributed by atoms with E-state index < -0.39 is 0 Å². The third-order valence-corrected chi connectivity index (χ3v) is 4.22. The molecule has 1 aromatic carbocycles. The summed E-state index contributed by atoms with van der Waals surface area (Å²) in [5, 5.41) is 10.4. The van der Waals surface area contributed by atoms with Crippen molar-refractivity contribution in [3.63, 3.8) is 0 Å². The highest BCUT2D eigenvalue weighted by Crippen LogP contribution is 2.49. The number of hydrogen-bond acceptors (Lipinski definition) is 2. The fourth-order valence-electron chi connectivity index (χ4n) is 2.65. The third kappa shape index (κ3) is 2.39. The van der Waals surface area contributed by atoms with Crippen molar-refractivity contribution < 1.29 is 9.84 Å². The summed E-state index contributed by atoms with van der Waals surface area (Å²) < 4.78 is 5.33. The van der Waals surface area contributed by atoms with E-state index in [0.29, 0.717) is 11.7 Å². The van der Waals surface area contributed by atoms with Crippen molar-refractivity contribution in [3.05, 3.63) is 28.8 Å². The van der Waals surface area contributed by atoms with Gasteiger partial charge in [0.1, 0.15) is 5.75 Å². The van der Waals surface area contributed by atoms with Gasteiger partial charge < -0.3 is 9.84 Å². The van der Waals surface area contributed by atoms with E-state index in [1.165, 1.54) is 36.8 Å². The first-order valence-electron chi connectivity index (χ1n) is 7.07. The van der Waals surface area contributed by atoms with Gasteiger partial charge in [0.2, 0.25) is 0 Å². The molecule has 3 rings (SSSR count). The van der Waals surface area contributed by atoms with E-state index >= 15 is 0 Å². The van der Waals surface area contributed by atoms with Crippen molar-refractivity contribution in [2.75, 3.05) is 7.11 Å². The van der Waals surface area contributed by atoms with E-state index in [2.05, 4.69) is 19.1 Å². The smallest absolute Gasteiger partial charge is 0.122 e. The number of methoxy groups -OCH3 is 1. The summed E-state index contributed by atoms with van der Waals surface area (Å²) in [7, 11) is 1.73. The van der Waals surface area contributed by atoms with Crippen LogP contribution < -0.4 is 0 Å². The maximum Gasteiger partial charge on any atom is 0.122 e. The predicted molar refractivity (Wildman–Crippen MR) is 72.2 cm³/mol. The molecule has 1 unspecified atom stereocenters. The predicted octanol–water partition coefficient (Wildman–Crippen LogP) is 3.72. The zero-order valence-corrected chi connectivity index (χ0v) is 11.3. The monoisotopic (exact) mass is 246 g/mol. The van der Waals surface area contributed by atoms with Crippen LogP contribution in [-0.2, 0) is 11.2 Å². The third-order valence-electron chi connectivity index (χ3n) is 4.22. The molecule has 0 saturated heterocycles. The molecule has 18 heavy (non-hydrogen) atoms. The Kier molecular flexibility index (Phi) is 3.06. The standard InChI is InChI=1S/C16H22O2/c1-10(18-2)7-14-8-13(11-3-4-11)9-15(16(14)17)12-5-6-12/h8-12,17H,3-7H2,1-2H3. The molecule has 2 aliphatic rings. The van der Waals surface area contributed by atoms with E-state index in [1.807, 2.05) is 0 Å². The van der Waals surface area contributed by atoms with E-state index in [0.717, 1.165) is 17.9 Å². The molecule has 1 aromatic rings. The van der Waals surface area contributed by atoms with Gasteiger partial charge in [-0.25, -0.2) is 0 Å². The summed E-state index contributed by atoms with van der Waals surface area (Å²) >= 11 is 0. The van der Waals surface area contributed by atoms with Crippen molar-refractivity contribution in [2.45, 2.75) is 57.0 Å². The Hall–Kier alpha value is -1.02. The van der Waals surface area contributed by atoms with Gasteiger partial charge in [0.15, 0.2) is 0 Å². The minimum absolute atomic E-state index is 0.164. The first-order chi connectivity index (χ1) is 8.69. The number of rotatable bonds is 5. The molecular weight excluding hydrogens is 224 g/mol. The van der Waals surface area contributed by atoms with Gasteiger partial charge in [-0.1, -0.05) is 12.1 Å². The highest BCUT2D eigenvalue weighted by atomic mass is 16.5. The van der Waals surface area contributed by atoms with Gasteiger partial charge in [-0.15, -0.1) is 0 Å². The maximum atomic E-state index is 10.4. The first kappa shape index (κ1) is 12.0. The van der Waals surface area contributed by atoms with E-state index in [1.54, 1.807) is 7.11 Å². The lowest BCUT2D eigenvalue weighted by Gasteiger charge is -2.15. The molecule has 98 valence electrons. The van der Waals surface area contributed by atoms with Crippen LogP contribution in [-0.4, -0.2) is 18.3 Å². The van der Waals surface area contributed by atoms with Crippen molar-refractivity contribution in [2.24, 2.45) is 0 Å². The number of phenols is 1. The molecule has 0 heterocycles. The van der Waals surface area contributed by atoms with Crippen LogP contribution in [0.5, 0.6) is 5.75 Å². The molecule has 2 fully saturated rings. The normalized spacial score (nSPS) is 21.0. The van der Waals surface area contributed by atoms with Gasteiger partial charge in [0.25, 0.3) is 0 Å². The van der Waals surface area contributed by atoms with E-state index in [9.17, 15) is 5.11 Å². The largest absolute Gasteiger partial charge is 0.507 e. The molecule has 2 aliphatic carbocycles. The summed E-state index contributed by atoms with van der Waals surface area (Å²) in [5.41, 5.74) is 3.71. The summed E-state index contributed by atoms with van der Waals surface area (Å²) in [6, 6.07) is 4.46. The minimum Gasteiger partial charge on any atom is -0.507 e. The second kappa shape index (κ2) is 4.58. The molecular formula is C16H22O2. The van der Waals surface area contributed by atoms with Crippen LogP contribution >= 0.6 is 0 Å². The lowest BCUT2D eigenvalue weighted by molar-refractivity contribution is 0.118. The molecule has 0 amide bonds. The van der Waals surface area contributed by atoms with Crippen molar-refractivity contribution >= 4 is 0 Å². The van der Waals surface area contributed by atoms with Gasteiger partial charge >= 0.3 is 0 Å². The SMILES string of the molecule is COC(C)Cc1cc(C2CC2)cc(C2CC2)c1O. The highest BCUT2D eigenvalue weighted by Gasteiger charge is 2.31. The van der Waals surface area contributed by atoms with Crippen LogP contribution in [0.2, 0.25) is 0 Å². The zero-order chi connectivity index (χ0) is 12.7. The zero-order valence-electron chi connectivity index (χ0n) is 11.3. The van der Waals surface area contributed by atoms with Gasteiger partial charge in [-0.2, -0.15) is 0 Å². The van der Waals surface area contributed by atoms with E-state index in [4.69, 9.17) is 4.74 Å². The molecule has 1 N–H and O–H groups in total. The first-order valence-corrected chi connectivity index (χ1v) is 7.07. The average molecular weight is 246 g/mol. The van der Waals surface area contributed by atoms with Gasteiger partial charge in [-0.05, 0) is 61.1 Å². The Morgan fingerprint density at radius 3 is 2.44 bits per heavy atom. The lowest BCUT2D eigenvalue weighted by Crippen LogP contribution is -2.09. The molecule has 0 radical (unpaired) electrons. The number of hydrogen-bond donors (Lipinski definition) is 1. The van der Waals surface area contributed by atoms with Crippen LogP contribution in [0.15, 0.2) is 12.1 Å². The summed E-state index contributed by atoms with van der Waals surface area (Å²) in [4.78, 5) is 0.